The van der Waals surface area contributed by atoms with E-state index in [0.29, 0.717) is 39.2 Å². The Balaban J connectivity index is 1.71. The van der Waals surface area contributed by atoms with Crippen molar-refractivity contribution in [2.24, 2.45) is 5.92 Å². The van der Waals surface area contributed by atoms with E-state index < -0.39 is 20.0 Å². The van der Waals surface area contributed by atoms with Crippen LogP contribution in [0.4, 0.5) is 5.82 Å². The van der Waals surface area contributed by atoms with Crippen LogP contribution >= 0.6 is 0 Å². The Morgan fingerprint density at radius 2 is 1.67 bits per heavy atom. The first kappa shape index (κ1) is 28.3. The van der Waals surface area contributed by atoms with E-state index in [0.717, 1.165) is 53.3 Å². The van der Waals surface area contributed by atoms with Crippen molar-refractivity contribution < 1.29 is 26.1 Å². The summed E-state index contributed by atoms with van der Waals surface area (Å²) < 4.78 is 64.3. The normalized spacial score (nSPS) is 15.8. The van der Waals surface area contributed by atoms with E-state index >= 15 is 0 Å². The van der Waals surface area contributed by atoms with Gasteiger partial charge in [-0.1, -0.05) is 35.5 Å². The lowest BCUT2D eigenvalue weighted by molar-refractivity contribution is 0.0552. The molecule has 4 aromatic heterocycles. The number of hydrogen-bond donors (Lipinski definition) is 0. The van der Waals surface area contributed by atoms with Crippen LogP contribution in [-0.2, 0) is 24.8 Å². The molecule has 1 unspecified atom stereocenters. The molecular weight excluding hydrogens is 578 g/mol. The maximum absolute atomic E-state index is 12.7. The number of benzene rings is 1. The van der Waals surface area contributed by atoms with Gasteiger partial charge < -0.3 is 13.8 Å². The number of hydrogen-bond acceptors (Lipinski definition) is 9. The summed E-state index contributed by atoms with van der Waals surface area (Å²) >= 11 is 0. The smallest absolute Gasteiger partial charge is 0.246 e. The molecule has 11 nitrogen and oxygen atoms in total. The van der Waals surface area contributed by atoms with E-state index in [1.54, 1.807) is 12.3 Å². The molecule has 1 atom stereocenters. The van der Waals surface area contributed by atoms with Crippen LogP contribution in [0, 0.1) is 19.8 Å². The van der Waals surface area contributed by atoms with Crippen LogP contribution in [0.15, 0.2) is 59.3 Å². The third kappa shape index (κ3) is 4.95. The van der Waals surface area contributed by atoms with Gasteiger partial charge in [0.15, 0.2) is 5.82 Å². The van der Waals surface area contributed by atoms with Gasteiger partial charge >= 0.3 is 0 Å². The zero-order chi connectivity index (χ0) is 29.8. The van der Waals surface area contributed by atoms with Gasteiger partial charge in [0.2, 0.25) is 20.0 Å². The van der Waals surface area contributed by atoms with Crippen molar-refractivity contribution in [1.29, 1.82) is 0 Å². The summed E-state index contributed by atoms with van der Waals surface area (Å²) in [4.78, 5) is 9.60. The second-order valence-corrected chi connectivity index (χ2v) is 14.6. The highest BCUT2D eigenvalue weighted by atomic mass is 32.3. The van der Waals surface area contributed by atoms with Gasteiger partial charge in [0, 0.05) is 35.9 Å². The largest absolute Gasteiger partial charge is 0.381 e. The van der Waals surface area contributed by atoms with Crippen LogP contribution in [0.5, 0.6) is 0 Å². The minimum atomic E-state index is -4.20. The molecule has 1 aliphatic heterocycles. The van der Waals surface area contributed by atoms with Crippen LogP contribution in [0.3, 0.4) is 0 Å². The average Bonchev–Trinajstić information content (AvgIpc) is 3.44. The Hall–Kier alpha value is -3.81. The number of aryl methyl sites for hydroxylation is 2. The molecule has 6 rings (SSSR count). The van der Waals surface area contributed by atoms with Crippen molar-refractivity contribution in [2.75, 3.05) is 29.4 Å². The second kappa shape index (κ2) is 10.5. The highest BCUT2D eigenvalue weighted by molar-refractivity contribution is 8.09. The summed E-state index contributed by atoms with van der Waals surface area (Å²) in [5.41, 5.74) is 5.31. The number of ether oxygens (including phenoxy) is 1. The van der Waals surface area contributed by atoms with Gasteiger partial charge in [0.1, 0.15) is 11.4 Å². The highest BCUT2D eigenvalue weighted by Gasteiger charge is 2.33. The zero-order valence-electron chi connectivity index (χ0n) is 23.7. The van der Waals surface area contributed by atoms with Crippen LogP contribution in [0.25, 0.3) is 33.2 Å². The lowest BCUT2D eigenvalue weighted by atomic mass is 9.86. The third-order valence-electron chi connectivity index (χ3n) is 7.71. The van der Waals surface area contributed by atoms with Crippen molar-refractivity contribution >= 4 is 47.9 Å². The summed E-state index contributed by atoms with van der Waals surface area (Å²) in [5, 5.41) is 4.79. The fourth-order valence-corrected chi connectivity index (χ4v) is 8.93. The SMILES string of the molecule is Cc1noc(C)c1-c1cnc2c3ccc(N(S(C)(=O)=O)S(C)(=O)=O)nc3n(C(c3ccccc3)C3CCOCC3)c2c1. The molecule has 0 radical (unpaired) electrons. The molecule has 0 aliphatic carbocycles. The Bertz CT molecular complexity index is 1960. The maximum Gasteiger partial charge on any atom is 0.246 e. The summed E-state index contributed by atoms with van der Waals surface area (Å²) in [6.07, 6.45) is 5.06. The molecule has 1 fully saturated rings. The monoisotopic (exact) mass is 609 g/mol. The van der Waals surface area contributed by atoms with E-state index in [1.807, 2.05) is 38.1 Å². The summed E-state index contributed by atoms with van der Waals surface area (Å²) in [6.45, 7) is 4.95. The van der Waals surface area contributed by atoms with E-state index in [9.17, 15) is 16.8 Å². The standard InChI is InChI=1S/C29H31N5O6S2/c1-18-26(19(2)40-32-18)22-16-24-27(30-17-22)23-10-11-25(34(41(3,35)36)42(4,37)38)31-29(23)33(24)28(20-8-6-5-7-9-20)21-12-14-39-15-13-21/h5-11,16-17,21,28H,12-15H2,1-4H3. The number of pyridine rings is 2. The molecule has 0 spiro atoms. The van der Waals surface area contributed by atoms with Crippen molar-refractivity contribution in [3.8, 4) is 11.1 Å². The second-order valence-electron chi connectivity index (χ2n) is 10.7. The van der Waals surface area contributed by atoms with E-state index in [2.05, 4.69) is 21.9 Å². The van der Waals surface area contributed by atoms with Gasteiger partial charge in [-0.3, -0.25) is 4.98 Å². The molecular formula is C29H31N5O6S2. The maximum atomic E-state index is 12.7. The lowest BCUT2D eigenvalue weighted by Crippen LogP contribution is -2.36. The van der Waals surface area contributed by atoms with Crippen LogP contribution in [-0.4, -0.2) is 62.3 Å². The molecule has 0 bridgehead atoms. The summed E-state index contributed by atoms with van der Waals surface area (Å²) in [5.74, 6) is 0.619. The van der Waals surface area contributed by atoms with Gasteiger partial charge in [0.25, 0.3) is 0 Å². The molecule has 220 valence electrons. The predicted molar refractivity (Wildman–Crippen MR) is 160 cm³/mol. The fourth-order valence-electron chi connectivity index (χ4n) is 6.08. The van der Waals surface area contributed by atoms with Crippen molar-refractivity contribution in [3.05, 3.63) is 71.7 Å². The Morgan fingerprint density at radius 1 is 0.976 bits per heavy atom. The Kier molecular flexibility index (Phi) is 7.06. The first-order valence-electron chi connectivity index (χ1n) is 13.5. The summed E-state index contributed by atoms with van der Waals surface area (Å²) in [6, 6.07) is 15.0. The Morgan fingerprint density at radius 3 is 2.29 bits per heavy atom. The quantitative estimate of drug-likeness (QED) is 0.259. The minimum Gasteiger partial charge on any atom is -0.381 e. The molecule has 1 saturated heterocycles. The summed E-state index contributed by atoms with van der Waals surface area (Å²) in [7, 11) is -8.40. The number of fused-ring (bicyclic) bond motifs is 3. The van der Waals surface area contributed by atoms with Crippen molar-refractivity contribution in [3.63, 3.8) is 0 Å². The number of anilines is 1. The molecule has 5 aromatic rings. The van der Waals surface area contributed by atoms with Crippen molar-refractivity contribution in [2.45, 2.75) is 32.7 Å². The Labute approximate surface area is 244 Å². The average molecular weight is 610 g/mol. The number of nitrogens with zero attached hydrogens (tertiary/aromatic N) is 5. The number of aromatic nitrogens is 4. The van der Waals surface area contributed by atoms with Gasteiger partial charge in [-0.2, -0.15) is 0 Å². The number of sulfonamides is 2. The number of rotatable bonds is 7. The van der Waals surface area contributed by atoms with Crippen LogP contribution < -0.4 is 3.71 Å². The van der Waals surface area contributed by atoms with E-state index in [1.165, 1.54) is 6.07 Å². The lowest BCUT2D eigenvalue weighted by Gasteiger charge is -2.33. The molecule has 0 amide bonds. The zero-order valence-corrected chi connectivity index (χ0v) is 25.3. The van der Waals surface area contributed by atoms with E-state index in [4.69, 9.17) is 19.2 Å². The molecule has 0 saturated carbocycles. The van der Waals surface area contributed by atoms with E-state index in [-0.39, 0.29) is 17.8 Å². The first-order valence-corrected chi connectivity index (χ1v) is 17.2. The molecule has 42 heavy (non-hydrogen) atoms. The molecule has 1 aromatic carbocycles. The highest BCUT2D eigenvalue weighted by Crippen LogP contribution is 2.41. The van der Waals surface area contributed by atoms with Crippen LogP contribution in [0.2, 0.25) is 0 Å². The van der Waals surface area contributed by atoms with Crippen molar-refractivity contribution in [1.82, 2.24) is 19.7 Å². The molecule has 5 heterocycles. The third-order valence-corrected chi connectivity index (χ3v) is 10.9. The van der Waals surface area contributed by atoms with Gasteiger partial charge in [-0.25, -0.2) is 21.8 Å². The van der Waals surface area contributed by atoms with Gasteiger partial charge in [0.05, 0.1) is 35.3 Å². The minimum absolute atomic E-state index is 0.161. The molecule has 0 N–H and O–H groups in total. The van der Waals surface area contributed by atoms with Crippen LogP contribution in [0.1, 0.15) is 35.9 Å². The van der Waals surface area contributed by atoms with Gasteiger partial charge in [-0.15, -0.1) is 3.71 Å². The molecule has 13 heteroatoms. The fraction of sp³-hybridized carbons (Fsp3) is 0.345. The predicted octanol–water partition coefficient (Wildman–Crippen LogP) is 4.60. The topological polar surface area (TPSA) is 137 Å². The first-order chi connectivity index (χ1) is 19.9. The van der Waals surface area contributed by atoms with Gasteiger partial charge in [-0.05, 0) is 56.4 Å². The molecule has 1 aliphatic rings.